The van der Waals surface area contributed by atoms with E-state index in [1.54, 1.807) is 13.8 Å². The van der Waals surface area contributed by atoms with E-state index in [1.165, 1.54) is 6.07 Å². The number of halogens is 2. The summed E-state index contributed by atoms with van der Waals surface area (Å²) in [4.78, 5) is 11.3. The fourth-order valence-corrected chi connectivity index (χ4v) is 11.1. The van der Waals surface area contributed by atoms with E-state index in [1.807, 2.05) is 19.9 Å². The van der Waals surface area contributed by atoms with Crippen LogP contribution in [0.3, 0.4) is 0 Å². The lowest BCUT2D eigenvalue weighted by Gasteiger charge is -2.44. The van der Waals surface area contributed by atoms with Gasteiger partial charge in [-0.2, -0.15) is 0 Å². The molecule has 0 saturated heterocycles. The van der Waals surface area contributed by atoms with Crippen LogP contribution in [0.1, 0.15) is 86.5 Å². The average molecular weight is 559 g/mol. The second kappa shape index (κ2) is 11.5. The molecule has 1 rings (SSSR count). The largest absolute Gasteiger partial charge is 0.406 e. The van der Waals surface area contributed by atoms with Gasteiger partial charge in [0, 0.05) is 11.1 Å². The van der Waals surface area contributed by atoms with E-state index in [2.05, 4.69) is 69.3 Å². The minimum absolute atomic E-state index is 0.0216. The van der Waals surface area contributed by atoms with Gasteiger partial charge in [-0.25, -0.2) is 0 Å². The molecule has 1 atom stereocenters. The molecule has 8 heteroatoms. The molecule has 0 aliphatic carbocycles. The summed E-state index contributed by atoms with van der Waals surface area (Å²) in [5.41, 5.74) is 1.56. The number of nitrogens with zero attached hydrogens (tertiary/aromatic N) is 1. The maximum absolute atomic E-state index is 11.8. The summed E-state index contributed by atoms with van der Waals surface area (Å²) in [5.74, 6) is 5.81. The van der Waals surface area contributed by atoms with Gasteiger partial charge in [0.2, 0.25) is 8.32 Å². The Morgan fingerprint density at radius 2 is 1.70 bits per heavy atom. The monoisotopic (exact) mass is 557 g/mol. The predicted molar refractivity (Wildman–Crippen MR) is 143 cm³/mol. The normalized spacial score (nSPS) is 13.2. The number of nitro benzene ring substituents is 1. The average Bonchev–Trinajstić information content (AvgIpc) is 2.61. The van der Waals surface area contributed by atoms with E-state index < -0.39 is 24.9 Å². The van der Waals surface area contributed by atoms with Gasteiger partial charge in [-0.05, 0) is 66.3 Å². The van der Waals surface area contributed by atoms with E-state index in [0.29, 0.717) is 27.8 Å². The number of allylic oxidation sites excluding steroid dienone is 1. The van der Waals surface area contributed by atoms with Crippen molar-refractivity contribution in [1.82, 2.24) is 0 Å². The van der Waals surface area contributed by atoms with Crippen LogP contribution in [0.2, 0.25) is 21.6 Å². The highest BCUT2D eigenvalue weighted by Crippen LogP contribution is 2.48. The van der Waals surface area contributed by atoms with Crippen LogP contribution in [0.15, 0.2) is 22.2 Å². The topological polar surface area (TPSA) is 72.6 Å². The lowest BCUT2D eigenvalue weighted by molar-refractivity contribution is -0.385. The van der Waals surface area contributed by atoms with Gasteiger partial charge in [-0.15, -0.1) is 0 Å². The summed E-state index contributed by atoms with van der Waals surface area (Å²) in [6, 6.07) is 1.50. The molecule has 0 fully saturated rings. The number of benzene rings is 1. The Bertz CT molecular complexity index is 946. The van der Waals surface area contributed by atoms with Gasteiger partial charge in [-0.3, -0.25) is 10.1 Å². The Kier molecular flexibility index (Phi) is 10.4. The van der Waals surface area contributed by atoms with E-state index in [-0.39, 0.29) is 15.2 Å². The molecule has 0 aliphatic rings. The molecule has 0 radical (unpaired) electrons. The molecule has 0 amide bonds. The van der Waals surface area contributed by atoms with E-state index in [0.717, 1.165) is 5.57 Å². The quantitative estimate of drug-likeness (QED) is 0.114. The zero-order chi connectivity index (χ0) is 25.9. The third-order valence-electron chi connectivity index (χ3n) is 5.72. The molecule has 5 nitrogen and oxygen atoms in total. The number of hydrogen-bond donors (Lipinski definition) is 1. The molecule has 0 unspecified atom stereocenters. The Hall–Kier alpha value is -1.17. The summed E-state index contributed by atoms with van der Waals surface area (Å²) in [7, 11) is -2.37. The van der Waals surface area contributed by atoms with Crippen LogP contribution >= 0.6 is 27.5 Å². The van der Waals surface area contributed by atoms with Gasteiger partial charge in [0.15, 0.2) is 0 Å². The highest BCUT2D eigenvalue weighted by Gasteiger charge is 2.47. The summed E-state index contributed by atoms with van der Waals surface area (Å²) < 4.78 is 7.34. The van der Waals surface area contributed by atoms with Crippen LogP contribution in [-0.4, -0.2) is 23.9 Å². The Morgan fingerprint density at radius 3 is 2.06 bits per heavy atom. The summed E-state index contributed by atoms with van der Waals surface area (Å²) >= 11 is 9.76. The van der Waals surface area contributed by atoms with Crippen LogP contribution in [-0.2, 0) is 4.43 Å². The maximum Gasteiger partial charge on any atom is 0.302 e. The van der Waals surface area contributed by atoms with Crippen LogP contribution < -0.4 is 0 Å². The second-order valence-electron chi connectivity index (χ2n) is 10.1. The zero-order valence-corrected chi connectivity index (χ0v) is 24.7. The number of hydrogen-bond acceptors (Lipinski definition) is 4. The first kappa shape index (κ1) is 29.9. The molecule has 0 heterocycles. The first-order valence-corrected chi connectivity index (χ1v) is 14.5. The number of nitro groups is 1. The summed E-state index contributed by atoms with van der Waals surface area (Å²) in [6.07, 6.45) is 1.42. The highest BCUT2D eigenvalue weighted by atomic mass is 79.9. The van der Waals surface area contributed by atoms with Gasteiger partial charge in [0.25, 0.3) is 0 Å². The minimum Gasteiger partial charge on any atom is -0.406 e. The Labute approximate surface area is 213 Å². The molecule has 33 heavy (non-hydrogen) atoms. The van der Waals surface area contributed by atoms with Gasteiger partial charge < -0.3 is 9.53 Å². The minimum atomic E-state index is -2.37. The Morgan fingerprint density at radius 1 is 1.21 bits per heavy atom. The first-order valence-electron chi connectivity index (χ1n) is 11.2. The molecular weight excluding hydrogens is 522 g/mol. The lowest BCUT2D eigenvalue weighted by atomic mass is 9.99. The van der Waals surface area contributed by atoms with Crippen LogP contribution in [0.25, 0.3) is 0 Å². The molecule has 0 spiro atoms. The van der Waals surface area contributed by atoms with E-state index >= 15 is 0 Å². The third-order valence-corrected chi connectivity index (χ3v) is 12.9. The predicted octanol–water partition coefficient (Wildman–Crippen LogP) is 8.33. The smallest absolute Gasteiger partial charge is 0.302 e. The van der Waals surface area contributed by atoms with Crippen molar-refractivity contribution in [3.05, 3.63) is 48.5 Å². The molecule has 0 saturated carbocycles. The second-order valence-corrected chi connectivity index (χ2v) is 16.8. The number of rotatable bonds is 8. The molecule has 1 aromatic carbocycles. The van der Waals surface area contributed by atoms with Gasteiger partial charge in [0.05, 0.1) is 11.0 Å². The van der Waals surface area contributed by atoms with E-state index in [4.69, 9.17) is 16.0 Å². The van der Waals surface area contributed by atoms with Crippen molar-refractivity contribution < 1.29 is 14.5 Å². The molecule has 0 bridgehead atoms. The van der Waals surface area contributed by atoms with E-state index in [9.17, 15) is 15.2 Å². The van der Waals surface area contributed by atoms with Crippen LogP contribution in [0.5, 0.6) is 0 Å². The van der Waals surface area contributed by atoms with Crippen LogP contribution in [0.4, 0.5) is 5.69 Å². The zero-order valence-electron chi connectivity index (χ0n) is 21.3. The molecular formula is C25H37BrClNO4Si. The lowest BCUT2D eigenvalue weighted by Crippen LogP contribution is -2.48. The molecule has 184 valence electrons. The maximum atomic E-state index is 11.8. The molecule has 1 N–H and O–H groups in total. The van der Waals surface area contributed by atoms with Crippen molar-refractivity contribution in [3.8, 4) is 11.8 Å². The third kappa shape index (κ3) is 7.16. The van der Waals surface area contributed by atoms with Crippen molar-refractivity contribution in [2.24, 2.45) is 0 Å². The molecule has 0 aromatic heterocycles. The van der Waals surface area contributed by atoms with Crippen molar-refractivity contribution in [2.45, 2.75) is 97.6 Å². The van der Waals surface area contributed by atoms with Crippen molar-refractivity contribution >= 4 is 41.5 Å². The summed E-state index contributed by atoms with van der Waals surface area (Å²) in [5, 5.41) is 22.0. The van der Waals surface area contributed by atoms with Crippen molar-refractivity contribution in [2.75, 3.05) is 0 Å². The van der Waals surface area contributed by atoms with Gasteiger partial charge in [-0.1, -0.05) is 76.6 Å². The fraction of sp³-hybridized carbons (Fsp3) is 0.600. The first-order chi connectivity index (χ1) is 15.0. The SMILES string of the molecule is CC(C)=C[C@H](O[Si](C(C)C)(C(C)C)C(C)C)c1c(C#CC(C)(C)O)cc(Cl)c([N+](=O)[O-])c1Br. The molecule has 1 aromatic rings. The van der Waals surface area contributed by atoms with Gasteiger partial charge >= 0.3 is 5.69 Å². The standard InChI is InChI=1S/C25H37BrClNO4Si/c1-15(2)13-21(32-33(16(3)4,17(5)6)18(7)8)22-19(11-12-25(9,10)29)14-20(27)24(23(22)26)28(30)31/h13-14,16-18,21,29H,1-10H3/t21-/m0/s1. The highest BCUT2D eigenvalue weighted by molar-refractivity contribution is 9.10. The van der Waals surface area contributed by atoms with Gasteiger partial charge in [0.1, 0.15) is 15.1 Å². The number of aliphatic hydroxyl groups is 1. The molecule has 0 aliphatic heterocycles. The Balaban J connectivity index is 4.06. The van der Waals surface area contributed by atoms with Crippen molar-refractivity contribution in [1.29, 1.82) is 0 Å². The van der Waals surface area contributed by atoms with Crippen LogP contribution in [0, 0.1) is 22.0 Å². The van der Waals surface area contributed by atoms with Crippen molar-refractivity contribution in [3.63, 3.8) is 0 Å². The fourth-order valence-electron chi connectivity index (χ4n) is 4.50. The summed E-state index contributed by atoms with van der Waals surface area (Å²) in [6.45, 7) is 20.3.